The van der Waals surface area contributed by atoms with Crippen LogP contribution in [0, 0.1) is 11.8 Å². The first-order valence-electron chi connectivity index (χ1n) is 6.72. The first-order valence-corrected chi connectivity index (χ1v) is 7.13. The Labute approximate surface area is 105 Å². The third kappa shape index (κ3) is 2.88. The maximum absolute atomic E-state index is 5.46. The number of piperidine rings is 1. The summed E-state index contributed by atoms with van der Waals surface area (Å²) < 4.78 is 0. The molecule has 0 aromatic carbocycles. The van der Waals surface area contributed by atoms with Gasteiger partial charge in [-0.15, -0.1) is 0 Å². The highest BCUT2D eigenvalue weighted by molar-refractivity contribution is 7.80. The van der Waals surface area contributed by atoms with Gasteiger partial charge in [0, 0.05) is 19.1 Å². The molecule has 2 atom stereocenters. The van der Waals surface area contributed by atoms with Gasteiger partial charge in [-0.25, -0.2) is 0 Å². The van der Waals surface area contributed by atoms with Crippen molar-refractivity contribution < 1.29 is 0 Å². The fourth-order valence-corrected chi connectivity index (χ4v) is 3.53. The second-order valence-electron chi connectivity index (χ2n) is 5.64. The van der Waals surface area contributed by atoms with E-state index in [0.29, 0.717) is 6.04 Å². The van der Waals surface area contributed by atoms with Gasteiger partial charge in [-0.2, -0.15) is 0 Å². The normalized spacial score (nSPS) is 30.1. The lowest BCUT2D eigenvalue weighted by Crippen LogP contribution is -2.49. The molecule has 1 saturated carbocycles. The van der Waals surface area contributed by atoms with Gasteiger partial charge in [0.25, 0.3) is 0 Å². The summed E-state index contributed by atoms with van der Waals surface area (Å²) in [5.41, 5.74) is 0. The van der Waals surface area contributed by atoms with Crippen molar-refractivity contribution in [2.45, 2.75) is 52.0 Å². The molecule has 92 valence electrons. The van der Waals surface area contributed by atoms with Crippen LogP contribution < -0.4 is 5.32 Å². The predicted molar refractivity (Wildman–Crippen MR) is 72.5 cm³/mol. The van der Waals surface area contributed by atoms with Crippen LogP contribution in [0.3, 0.4) is 0 Å². The highest BCUT2D eigenvalue weighted by Crippen LogP contribution is 2.35. The molecular formula is C13H24N2S. The SMILES string of the molecule is CC(C)NC(=S)N1CCC2CCCCC2C1. The molecule has 1 aliphatic carbocycles. The minimum atomic E-state index is 0.455. The van der Waals surface area contributed by atoms with E-state index in [9.17, 15) is 0 Å². The Morgan fingerprint density at radius 2 is 1.88 bits per heavy atom. The molecule has 0 spiro atoms. The topological polar surface area (TPSA) is 15.3 Å². The molecule has 2 nitrogen and oxygen atoms in total. The summed E-state index contributed by atoms with van der Waals surface area (Å²) in [6.45, 7) is 6.67. The number of thiocarbonyl (C=S) groups is 1. The van der Waals surface area contributed by atoms with Gasteiger partial charge in [0.05, 0.1) is 0 Å². The summed E-state index contributed by atoms with van der Waals surface area (Å²) in [6.07, 6.45) is 7.12. The van der Waals surface area contributed by atoms with Crippen molar-refractivity contribution in [1.82, 2.24) is 10.2 Å². The van der Waals surface area contributed by atoms with E-state index in [2.05, 4.69) is 24.1 Å². The van der Waals surface area contributed by atoms with E-state index in [1.165, 1.54) is 45.2 Å². The van der Waals surface area contributed by atoms with Crippen molar-refractivity contribution in [1.29, 1.82) is 0 Å². The molecule has 0 bridgehead atoms. The van der Waals surface area contributed by atoms with Crippen molar-refractivity contribution in [3.8, 4) is 0 Å². The molecular weight excluding hydrogens is 216 g/mol. The summed E-state index contributed by atoms with van der Waals surface area (Å²) in [6, 6.07) is 0.455. The van der Waals surface area contributed by atoms with Gasteiger partial charge >= 0.3 is 0 Å². The van der Waals surface area contributed by atoms with Crippen LogP contribution in [0.15, 0.2) is 0 Å². The number of hydrogen-bond donors (Lipinski definition) is 1. The Hall–Kier alpha value is -0.310. The minimum Gasteiger partial charge on any atom is -0.360 e. The van der Waals surface area contributed by atoms with E-state index in [4.69, 9.17) is 12.2 Å². The second-order valence-corrected chi connectivity index (χ2v) is 6.03. The van der Waals surface area contributed by atoms with E-state index >= 15 is 0 Å². The minimum absolute atomic E-state index is 0.455. The molecule has 0 amide bonds. The Morgan fingerprint density at radius 1 is 1.19 bits per heavy atom. The molecule has 2 fully saturated rings. The van der Waals surface area contributed by atoms with Crippen LogP contribution in [-0.2, 0) is 0 Å². The summed E-state index contributed by atoms with van der Waals surface area (Å²) in [7, 11) is 0. The number of rotatable bonds is 1. The molecule has 0 aromatic heterocycles. The van der Waals surface area contributed by atoms with E-state index in [0.717, 1.165) is 16.9 Å². The van der Waals surface area contributed by atoms with Crippen LogP contribution in [0.25, 0.3) is 0 Å². The molecule has 1 aliphatic heterocycles. The summed E-state index contributed by atoms with van der Waals surface area (Å²) in [5.74, 6) is 1.90. The van der Waals surface area contributed by atoms with E-state index in [1.54, 1.807) is 0 Å². The van der Waals surface area contributed by atoms with Crippen LogP contribution in [0.5, 0.6) is 0 Å². The Bertz CT molecular complexity index is 252. The number of nitrogens with zero attached hydrogens (tertiary/aromatic N) is 1. The van der Waals surface area contributed by atoms with E-state index in [1.807, 2.05) is 0 Å². The molecule has 1 saturated heterocycles. The van der Waals surface area contributed by atoms with Gasteiger partial charge in [0.2, 0.25) is 0 Å². The van der Waals surface area contributed by atoms with Crippen molar-refractivity contribution in [3.63, 3.8) is 0 Å². The molecule has 1 N–H and O–H groups in total. The predicted octanol–water partition coefficient (Wildman–Crippen LogP) is 2.78. The number of fused-ring (bicyclic) bond motifs is 1. The van der Waals surface area contributed by atoms with Crippen molar-refractivity contribution in [2.24, 2.45) is 11.8 Å². The standard InChI is InChI=1S/C13H24N2S/c1-10(2)14-13(16)15-8-7-11-5-3-4-6-12(11)9-15/h10-12H,3-9H2,1-2H3,(H,14,16). The van der Waals surface area contributed by atoms with Gasteiger partial charge in [0.15, 0.2) is 5.11 Å². The molecule has 16 heavy (non-hydrogen) atoms. The lowest BCUT2D eigenvalue weighted by molar-refractivity contribution is 0.129. The smallest absolute Gasteiger partial charge is 0.169 e. The van der Waals surface area contributed by atoms with Gasteiger partial charge in [-0.1, -0.05) is 19.3 Å². The van der Waals surface area contributed by atoms with Gasteiger partial charge in [-0.3, -0.25) is 0 Å². The lowest BCUT2D eigenvalue weighted by atomic mass is 9.75. The van der Waals surface area contributed by atoms with Crippen LogP contribution in [0.4, 0.5) is 0 Å². The monoisotopic (exact) mass is 240 g/mol. The van der Waals surface area contributed by atoms with Gasteiger partial charge in [-0.05, 0) is 50.7 Å². The largest absolute Gasteiger partial charge is 0.360 e. The van der Waals surface area contributed by atoms with Crippen LogP contribution in [0.1, 0.15) is 46.0 Å². The number of likely N-dealkylation sites (tertiary alicyclic amines) is 1. The van der Waals surface area contributed by atoms with Crippen molar-refractivity contribution >= 4 is 17.3 Å². The van der Waals surface area contributed by atoms with Crippen molar-refractivity contribution in [3.05, 3.63) is 0 Å². The van der Waals surface area contributed by atoms with E-state index < -0.39 is 0 Å². The van der Waals surface area contributed by atoms with Crippen LogP contribution in [0.2, 0.25) is 0 Å². The maximum atomic E-state index is 5.46. The molecule has 0 radical (unpaired) electrons. The Kier molecular flexibility index (Phi) is 4.06. The average Bonchev–Trinajstić information content (AvgIpc) is 2.27. The molecule has 2 unspecified atom stereocenters. The number of hydrogen-bond acceptors (Lipinski definition) is 1. The second kappa shape index (κ2) is 5.35. The molecule has 3 heteroatoms. The van der Waals surface area contributed by atoms with Gasteiger partial charge in [0.1, 0.15) is 0 Å². The zero-order valence-electron chi connectivity index (χ0n) is 10.5. The zero-order chi connectivity index (χ0) is 11.5. The third-order valence-corrected chi connectivity index (χ3v) is 4.37. The summed E-state index contributed by atoms with van der Waals surface area (Å²) in [5, 5.41) is 4.34. The zero-order valence-corrected chi connectivity index (χ0v) is 11.4. The van der Waals surface area contributed by atoms with Crippen LogP contribution in [-0.4, -0.2) is 29.1 Å². The fourth-order valence-electron chi connectivity index (χ4n) is 3.12. The fraction of sp³-hybridized carbons (Fsp3) is 0.923. The molecule has 1 heterocycles. The van der Waals surface area contributed by atoms with Gasteiger partial charge < -0.3 is 10.2 Å². The summed E-state index contributed by atoms with van der Waals surface area (Å²) in [4.78, 5) is 2.39. The first kappa shape index (κ1) is 12.2. The highest BCUT2D eigenvalue weighted by atomic mass is 32.1. The third-order valence-electron chi connectivity index (χ3n) is 3.99. The lowest BCUT2D eigenvalue weighted by Gasteiger charge is -2.42. The first-order chi connectivity index (χ1) is 7.66. The molecule has 2 rings (SSSR count). The maximum Gasteiger partial charge on any atom is 0.169 e. The highest BCUT2D eigenvalue weighted by Gasteiger charge is 2.31. The average molecular weight is 240 g/mol. The molecule has 0 aromatic rings. The Morgan fingerprint density at radius 3 is 2.56 bits per heavy atom. The van der Waals surface area contributed by atoms with Crippen molar-refractivity contribution in [2.75, 3.05) is 13.1 Å². The molecule has 2 aliphatic rings. The summed E-state index contributed by atoms with van der Waals surface area (Å²) >= 11 is 5.46. The van der Waals surface area contributed by atoms with Crippen LogP contribution >= 0.6 is 12.2 Å². The Balaban J connectivity index is 1.87. The van der Waals surface area contributed by atoms with E-state index in [-0.39, 0.29) is 0 Å². The quantitative estimate of drug-likeness (QED) is 0.710. The number of nitrogens with one attached hydrogen (secondary N) is 1.